The number of hydrogen-bond donors (Lipinski definition) is 2. The van der Waals surface area contributed by atoms with Crippen molar-refractivity contribution in [3.05, 3.63) is 47.2 Å². The fourth-order valence-electron chi connectivity index (χ4n) is 1.95. The Morgan fingerprint density at radius 1 is 1.35 bits per heavy atom. The number of aromatic nitrogens is 2. The number of nitrogens with zero attached hydrogens (tertiary/aromatic N) is 2. The summed E-state index contributed by atoms with van der Waals surface area (Å²) < 4.78 is 0. The molecule has 100 valence electrons. The highest BCUT2D eigenvalue weighted by atomic mass is 32.1. The van der Waals surface area contributed by atoms with Gasteiger partial charge < -0.3 is 5.73 Å². The lowest BCUT2D eigenvalue weighted by Crippen LogP contribution is -2.14. The SMILES string of the molecule is Cc1csc(NC(=O)c2nccc3cc(N)ccc23)n1. The summed E-state index contributed by atoms with van der Waals surface area (Å²) in [6.07, 6.45) is 1.60. The Morgan fingerprint density at radius 3 is 2.95 bits per heavy atom. The number of benzene rings is 1. The van der Waals surface area contributed by atoms with Gasteiger partial charge in [-0.25, -0.2) is 4.98 Å². The Balaban J connectivity index is 1.99. The van der Waals surface area contributed by atoms with Gasteiger partial charge in [0.15, 0.2) is 5.13 Å². The highest BCUT2D eigenvalue weighted by Gasteiger charge is 2.13. The minimum atomic E-state index is -0.269. The van der Waals surface area contributed by atoms with Crippen LogP contribution >= 0.6 is 11.3 Å². The maximum Gasteiger partial charge on any atom is 0.276 e. The van der Waals surface area contributed by atoms with E-state index in [0.29, 0.717) is 16.5 Å². The molecule has 0 radical (unpaired) electrons. The van der Waals surface area contributed by atoms with Crippen molar-refractivity contribution in [1.29, 1.82) is 0 Å². The third-order valence-corrected chi connectivity index (χ3v) is 3.72. The lowest BCUT2D eigenvalue weighted by atomic mass is 10.1. The molecule has 5 nitrogen and oxygen atoms in total. The molecule has 0 atom stereocenters. The van der Waals surface area contributed by atoms with Crippen molar-refractivity contribution in [2.75, 3.05) is 11.1 Å². The van der Waals surface area contributed by atoms with E-state index in [-0.39, 0.29) is 5.91 Å². The van der Waals surface area contributed by atoms with Crippen molar-refractivity contribution in [2.24, 2.45) is 0 Å². The summed E-state index contributed by atoms with van der Waals surface area (Å²) in [5, 5.41) is 6.87. The number of anilines is 2. The predicted molar refractivity (Wildman–Crippen MR) is 81.0 cm³/mol. The van der Waals surface area contributed by atoms with Crippen LogP contribution in [0.5, 0.6) is 0 Å². The lowest BCUT2D eigenvalue weighted by molar-refractivity contribution is 0.102. The highest BCUT2D eigenvalue weighted by molar-refractivity contribution is 7.13. The van der Waals surface area contributed by atoms with Crippen LogP contribution in [-0.2, 0) is 0 Å². The second-order valence-corrected chi connectivity index (χ2v) is 5.25. The molecule has 3 N–H and O–H groups in total. The second kappa shape index (κ2) is 4.90. The fourth-order valence-corrected chi connectivity index (χ4v) is 2.63. The molecule has 0 bridgehead atoms. The van der Waals surface area contributed by atoms with Crippen LogP contribution in [0.1, 0.15) is 16.2 Å². The zero-order chi connectivity index (χ0) is 14.1. The van der Waals surface area contributed by atoms with Crippen LogP contribution in [0.3, 0.4) is 0 Å². The summed E-state index contributed by atoms with van der Waals surface area (Å²) in [7, 11) is 0. The van der Waals surface area contributed by atoms with Gasteiger partial charge in [-0.05, 0) is 36.6 Å². The molecule has 0 aliphatic carbocycles. The van der Waals surface area contributed by atoms with E-state index in [2.05, 4.69) is 15.3 Å². The van der Waals surface area contributed by atoms with Gasteiger partial charge in [0, 0.05) is 22.7 Å². The minimum absolute atomic E-state index is 0.269. The van der Waals surface area contributed by atoms with Crippen LogP contribution in [-0.4, -0.2) is 15.9 Å². The molecule has 0 unspecified atom stereocenters. The van der Waals surface area contributed by atoms with E-state index in [1.54, 1.807) is 18.3 Å². The van der Waals surface area contributed by atoms with Gasteiger partial charge in [-0.2, -0.15) is 0 Å². The monoisotopic (exact) mass is 284 g/mol. The number of aryl methyl sites for hydroxylation is 1. The van der Waals surface area contributed by atoms with Crippen LogP contribution < -0.4 is 11.1 Å². The highest BCUT2D eigenvalue weighted by Crippen LogP contribution is 2.21. The largest absolute Gasteiger partial charge is 0.399 e. The minimum Gasteiger partial charge on any atom is -0.399 e. The fraction of sp³-hybridized carbons (Fsp3) is 0.0714. The third-order valence-electron chi connectivity index (χ3n) is 2.84. The molecular weight excluding hydrogens is 272 g/mol. The van der Waals surface area contributed by atoms with Gasteiger partial charge in [-0.15, -0.1) is 11.3 Å². The van der Waals surface area contributed by atoms with Crippen LogP contribution in [0.25, 0.3) is 10.8 Å². The molecule has 6 heteroatoms. The van der Waals surface area contributed by atoms with Crippen molar-refractivity contribution < 1.29 is 4.79 Å². The summed E-state index contributed by atoms with van der Waals surface area (Å²) in [5.41, 5.74) is 7.65. The van der Waals surface area contributed by atoms with Crippen molar-refractivity contribution in [3.63, 3.8) is 0 Å². The molecule has 0 aliphatic heterocycles. The zero-order valence-corrected chi connectivity index (χ0v) is 11.6. The van der Waals surface area contributed by atoms with Gasteiger partial charge in [0.1, 0.15) is 5.69 Å². The number of nitrogens with two attached hydrogens (primary N) is 1. The van der Waals surface area contributed by atoms with E-state index in [1.165, 1.54) is 11.3 Å². The van der Waals surface area contributed by atoms with Crippen LogP contribution in [0.15, 0.2) is 35.8 Å². The molecule has 0 saturated carbocycles. The number of fused-ring (bicyclic) bond motifs is 1. The molecule has 1 aromatic carbocycles. The number of carbonyl (C=O) groups is 1. The first kappa shape index (κ1) is 12.6. The normalized spacial score (nSPS) is 10.7. The van der Waals surface area contributed by atoms with Gasteiger partial charge in [-0.3, -0.25) is 15.1 Å². The molecule has 3 aromatic rings. The topological polar surface area (TPSA) is 80.9 Å². The van der Waals surface area contributed by atoms with Crippen molar-refractivity contribution in [2.45, 2.75) is 6.92 Å². The molecule has 0 spiro atoms. The molecule has 2 heterocycles. The van der Waals surface area contributed by atoms with E-state index in [9.17, 15) is 4.79 Å². The van der Waals surface area contributed by atoms with Crippen molar-refractivity contribution in [1.82, 2.24) is 9.97 Å². The maximum atomic E-state index is 12.3. The van der Waals surface area contributed by atoms with E-state index < -0.39 is 0 Å². The Labute approximate surface area is 119 Å². The third kappa shape index (κ3) is 2.33. The van der Waals surface area contributed by atoms with Gasteiger partial charge in [-0.1, -0.05) is 0 Å². The van der Waals surface area contributed by atoms with Gasteiger partial charge in [0.25, 0.3) is 5.91 Å². The number of rotatable bonds is 2. The first-order chi connectivity index (χ1) is 9.63. The molecule has 0 fully saturated rings. The van der Waals surface area contributed by atoms with Crippen LogP contribution in [0.2, 0.25) is 0 Å². The number of hydrogen-bond acceptors (Lipinski definition) is 5. The van der Waals surface area contributed by atoms with Gasteiger partial charge in [0.05, 0.1) is 5.69 Å². The van der Waals surface area contributed by atoms with E-state index in [0.717, 1.165) is 16.5 Å². The Bertz CT molecular complexity index is 797. The Hall–Kier alpha value is -2.47. The number of amides is 1. The summed E-state index contributed by atoms with van der Waals surface area (Å²) in [6.45, 7) is 1.88. The standard InChI is InChI=1S/C14H12N4OS/c1-8-7-20-14(17-8)18-13(19)12-11-3-2-10(15)6-9(11)4-5-16-12/h2-7H,15H2,1H3,(H,17,18,19). The first-order valence-electron chi connectivity index (χ1n) is 6.01. The molecule has 0 saturated heterocycles. The van der Waals surface area contributed by atoms with Crippen molar-refractivity contribution >= 4 is 38.8 Å². The molecule has 3 rings (SSSR count). The van der Waals surface area contributed by atoms with E-state index in [1.807, 2.05) is 24.4 Å². The lowest BCUT2D eigenvalue weighted by Gasteiger charge is -2.05. The van der Waals surface area contributed by atoms with Gasteiger partial charge in [0.2, 0.25) is 0 Å². The van der Waals surface area contributed by atoms with Crippen molar-refractivity contribution in [3.8, 4) is 0 Å². The van der Waals surface area contributed by atoms with E-state index in [4.69, 9.17) is 5.73 Å². The second-order valence-electron chi connectivity index (χ2n) is 4.39. The molecule has 20 heavy (non-hydrogen) atoms. The molecular formula is C14H12N4OS. The first-order valence-corrected chi connectivity index (χ1v) is 6.89. The predicted octanol–water partition coefficient (Wildman–Crippen LogP) is 2.83. The Kier molecular flexibility index (Phi) is 3.08. The summed E-state index contributed by atoms with van der Waals surface area (Å²) in [4.78, 5) is 20.7. The Morgan fingerprint density at radius 2 is 2.20 bits per heavy atom. The number of thiazole rings is 1. The summed E-state index contributed by atoms with van der Waals surface area (Å²) in [5.74, 6) is -0.269. The maximum absolute atomic E-state index is 12.3. The van der Waals surface area contributed by atoms with Gasteiger partial charge >= 0.3 is 0 Å². The summed E-state index contributed by atoms with van der Waals surface area (Å²) >= 11 is 1.39. The average molecular weight is 284 g/mol. The molecule has 1 amide bonds. The summed E-state index contributed by atoms with van der Waals surface area (Å²) in [6, 6.07) is 7.21. The quantitative estimate of drug-likeness (QED) is 0.709. The zero-order valence-electron chi connectivity index (χ0n) is 10.8. The number of nitrogens with one attached hydrogen (secondary N) is 1. The average Bonchev–Trinajstić information content (AvgIpc) is 2.83. The number of pyridine rings is 1. The van der Waals surface area contributed by atoms with Crippen LogP contribution in [0.4, 0.5) is 10.8 Å². The number of nitrogen functional groups attached to an aromatic ring is 1. The molecule has 0 aliphatic rings. The van der Waals surface area contributed by atoms with Crippen LogP contribution in [0, 0.1) is 6.92 Å². The molecule has 2 aromatic heterocycles. The van der Waals surface area contributed by atoms with E-state index >= 15 is 0 Å². The number of carbonyl (C=O) groups excluding carboxylic acids is 1. The smallest absolute Gasteiger partial charge is 0.276 e.